The van der Waals surface area contributed by atoms with Crippen molar-refractivity contribution in [1.82, 2.24) is 0 Å². The van der Waals surface area contributed by atoms with Crippen molar-refractivity contribution in [3.8, 4) is 0 Å². The third-order valence-corrected chi connectivity index (χ3v) is 5.76. The van der Waals surface area contributed by atoms with Gasteiger partial charge in [0, 0.05) is 6.08 Å². The van der Waals surface area contributed by atoms with Gasteiger partial charge in [-0.25, -0.2) is 4.79 Å². The van der Waals surface area contributed by atoms with Gasteiger partial charge in [-0.3, -0.25) is 0 Å². The molecule has 0 aromatic carbocycles. The van der Waals surface area contributed by atoms with Gasteiger partial charge in [-0.05, 0) is 77.4 Å². The molecule has 0 saturated carbocycles. The molecule has 1 aliphatic carbocycles. The van der Waals surface area contributed by atoms with Gasteiger partial charge in [-0.1, -0.05) is 36.8 Å². The van der Waals surface area contributed by atoms with Crippen LogP contribution >= 0.6 is 0 Å². The minimum Gasteiger partial charge on any atom is -0.452 e. The molecule has 0 bridgehead atoms. The highest BCUT2D eigenvalue weighted by atomic mass is 16.6. The molecule has 168 valence electrons. The lowest BCUT2D eigenvalue weighted by atomic mass is 9.81. The second-order valence-electron chi connectivity index (χ2n) is 9.91. The van der Waals surface area contributed by atoms with Crippen LogP contribution in [-0.4, -0.2) is 46.2 Å². The number of hydrogen-bond donors (Lipinski definition) is 2. The number of hydrogen-bond acceptors (Lipinski definition) is 5. The first-order valence-corrected chi connectivity index (χ1v) is 10.8. The fraction of sp³-hybridized carbons (Fsp3) is 0.640. The summed E-state index contributed by atoms with van der Waals surface area (Å²) in [4.78, 5) is 12.3. The highest BCUT2D eigenvalue weighted by molar-refractivity contribution is 5.83. The molecule has 1 aliphatic heterocycles. The number of aliphatic hydroxyl groups is 2. The topological polar surface area (TPSA) is 79.3 Å². The van der Waals surface area contributed by atoms with E-state index in [0.717, 1.165) is 30.4 Å². The van der Waals surface area contributed by atoms with Gasteiger partial charge < -0.3 is 19.7 Å². The molecular formula is C25H38O5. The van der Waals surface area contributed by atoms with Crippen LogP contribution in [-0.2, 0) is 14.3 Å². The second-order valence-corrected chi connectivity index (χ2v) is 9.91. The summed E-state index contributed by atoms with van der Waals surface area (Å²) in [5, 5.41) is 19.8. The number of carbonyl (C=O) groups excluding carboxylic acids is 1. The maximum Gasteiger partial charge on any atom is 0.331 e. The molecule has 0 radical (unpaired) electrons. The molecule has 2 aliphatic rings. The van der Waals surface area contributed by atoms with Crippen molar-refractivity contribution >= 4 is 5.97 Å². The molecule has 5 heteroatoms. The van der Waals surface area contributed by atoms with Crippen LogP contribution in [0.4, 0.5) is 0 Å². The van der Waals surface area contributed by atoms with Crippen LogP contribution in [0.2, 0.25) is 0 Å². The molecule has 0 unspecified atom stereocenters. The lowest BCUT2D eigenvalue weighted by Gasteiger charge is -2.26. The number of allylic oxidation sites excluding steroid dienone is 4. The average molecular weight is 419 g/mol. The van der Waals surface area contributed by atoms with Gasteiger partial charge in [-0.2, -0.15) is 0 Å². The number of rotatable bonds is 6. The van der Waals surface area contributed by atoms with E-state index in [1.807, 2.05) is 32.9 Å². The summed E-state index contributed by atoms with van der Waals surface area (Å²) in [5.41, 5.74) is 0.200. The van der Waals surface area contributed by atoms with Crippen LogP contribution in [0.25, 0.3) is 0 Å². The number of fused-ring (bicyclic) bond motifs is 1. The van der Waals surface area contributed by atoms with Crippen LogP contribution in [0.1, 0.15) is 67.2 Å². The zero-order valence-electron chi connectivity index (χ0n) is 19.3. The van der Waals surface area contributed by atoms with Crippen molar-refractivity contribution in [3.05, 3.63) is 47.6 Å². The van der Waals surface area contributed by atoms with Gasteiger partial charge in [0.1, 0.15) is 5.60 Å². The van der Waals surface area contributed by atoms with Crippen LogP contribution in [0, 0.1) is 5.41 Å². The molecule has 30 heavy (non-hydrogen) atoms. The zero-order chi connectivity index (χ0) is 22.6. The van der Waals surface area contributed by atoms with Gasteiger partial charge in [0.05, 0.1) is 18.3 Å². The van der Waals surface area contributed by atoms with Crippen LogP contribution < -0.4 is 0 Å². The second kappa shape index (κ2) is 9.63. The van der Waals surface area contributed by atoms with E-state index in [2.05, 4.69) is 19.1 Å². The largest absolute Gasteiger partial charge is 0.452 e. The van der Waals surface area contributed by atoms with E-state index in [1.165, 1.54) is 6.08 Å². The average Bonchev–Trinajstić information content (AvgIpc) is 3.28. The molecule has 0 aromatic heterocycles. The van der Waals surface area contributed by atoms with E-state index in [4.69, 9.17) is 9.47 Å². The quantitative estimate of drug-likeness (QED) is 0.289. The normalized spacial score (nSPS) is 34.9. The lowest BCUT2D eigenvalue weighted by Crippen LogP contribution is -2.32. The SMILES string of the molecule is CC(C)=CC(=O)O[C@@H]1/C=C/[C@@](C)(C/C=C/C(C)(C)O)C/C=C(/CO)CC[C@H]2O[C@@]12C. The Balaban J connectivity index is 2.32. The van der Waals surface area contributed by atoms with E-state index < -0.39 is 17.3 Å². The first kappa shape index (κ1) is 24.6. The summed E-state index contributed by atoms with van der Waals surface area (Å²) in [7, 11) is 0. The van der Waals surface area contributed by atoms with Gasteiger partial charge in [0.2, 0.25) is 0 Å². The molecule has 1 heterocycles. The van der Waals surface area contributed by atoms with E-state index in [9.17, 15) is 15.0 Å². The first-order chi connectivity index (χ1) is 13.9. The summed E-state index contributed by atoms with van der Waals surface area (Å²) in [6, 6.07) is 0. The molecule has 0 aromatic rings. The molecule has 5 nitrogen and oxygen atoms in total. The van der Waals surface area contributed by atoms with Gasteiger partial charge in [-0.15, -0.1) is 0 Å². The fourth-order valence-electron chi connectivity index (χ4n) is 3.71. The van der Waals surface area contributed by atoms with E-state index in [1.54, 1.807) is 19.9 Å². The number of esters is 1. The summed E-state index contributed by atoms with van der Waals surface area (Å²) < 4.78 is 11.8. The smallest absolute Gasteiger partial charge is 0.331 e. The number of epoxide rings is 1. The third kappa shape index (κ3) is 7.22. The monoisotopic (exact) mass is 418 g/mol. The van der Waals surface area contributed by atoms with E-state index in [-0.39, 0.29) is 24.1 Å². The van der Waals surface area contributed by atoms with Gasteiger partial charge in [0.25, 0.3) is 0 Å². The van der Waals surface area contributed by atoms with Crippen molar-refractivity contribution in [2.75, 3.05) is 6.61 Å². The Bertz CT molecular complexity index is 735. The molecule has 1 fully saturated rings. The summed E-state index contributed by atoms with van der Waals surface area (Å²) in [6.45, 7) is 11.3. The Hall–Kier alpha value is -1.69. The van der Waals surface area contributed by atoms with Crippen molar-refractivity contribution in [3.63, 3.8) is 0 Å². The van der Waals surface area contributed by atoms with Crippen LogP contribution in [0.5, 0.6) is 0 Å². The standard InChI is InChI=1S/C25H38O5/c1-18(2)16-22(27)29-20-11-15-24(5,13-7-12-23(3,4)28)14-10-19(17-26)8-9-21-25(20,6)30-21/h7,10-12,15-16,20-21,26,28H,8-9,13-14,17H2,1-6H3/b12-7+,15-11+,19-10+/t20-,21-,24+,25+/m1/s1. The summed E-state index contributed by atoms with van der Waals surface area (Å²) in [5.74, 6) is -0.368. The van der Waals surface area contributed by atoms with Crippen molar-refractivity contribution < 1.29 is 24.5 Å². The zero-order valence-corrected chi connectivity index (χ0v) is 19.3. The molecule has 2 rings (SSSR count). The fourth-order valence-corrected chi connectivity index (χ4v) is 3.71. The van der Waals surface area contributed by atoms with E-state index >= 15 is 0 Å². The molecular weight excluding hydrogens is 380 g/mol. The predicted octanol–water partition coefficient (Wildman–Crippen LogP) is 4.40. The van der Waals surface area contributed by atoms with Gasteiger partial charge in [0.15, 0.2) is 6.10 Å². The van der Waals surface area contributed by atoms with Crippen LogP contribution in [0.3, 0.4) is 0 Å². The number of carbonyl (C=O) groups is 1. The first-order valence-electron chi connectivity index (χ1n) is 10.8. The number of aliphatic hydroxyl groups excluding tert-OH is 1. The summed E-state index contributed by atoms with van der Waals surface area (Å²) in [6.07, 6.45) is 13.9. The van der Waals surface area contributed by atoms with E-state index in [0.29, 0.717) is 6.42 Å². The molecule has 4 atom stereocenters. The van der Waals surface area contributed by atoms with Crippen LogP contribution in [0.15, 0.2) is 47.6 Å². The predicted molar refractivity (Wildman–Crippen MR) is 119 cm³/mol. The molecule has 0 spiro atoms. The molecule has 1 saturated heterocycles. The van der Waals surface area contributed by atoms with Crippen molar-refractivity contribution in [1.29, 1.82) is 0 Å². The Morgan fingerprint density at radius 3 is 2.67 bits per heavy atom. The Labute approximate surface area is 181 Å². The third-order valence-electron chi connectivity index (χ3n) is 5.76. The summed E-state index contributed by atoms with van der Waals surface area (Å²) >= 11 is 0. The number of ether oxygens (including phenoxy) is 2. The van der Waals surface area contributed by atoms with Crippen molar-refractivity contribution in [2.24, 2.45) is 5.41 Å². The maximum atomic E-state index is 12.3. The highest BCUT2D eigenvalue weighted by Crippen LogP contribution is 2.45. The Morgan fingerprint density at radius 1 is 1.37 bits per heavy atom. The molecule has 0 amide bonds. The lowest BCUT2D eigenvalue weighted by molar-refractivity contribution is -0.143. The minimum absolute atomic E-state index is 0.0129. The van der Waals surface area contributed by atoms with Crippen molar-refractivity contribution in [2.45, 2.75) is 90.6 Å². The Morgan fingerprint density at radius 2 is 2.07 bits per heavy atom. The molecule has 2 N–H and O–H groups in total. The maximum absolute atomic E-state index is 12.3. The Kier molecular flexibility index (Phi) is 7.89. The highest BCUT2D eigenvalue weighted by Gasteiger charge is 2.58. The van der Waals surface area contributed by atoms with Gasteiger partial charge >= 0.3 is 5.97 Å². The minimum atomic E-state index is -0.870.